The maximum atomic E-state index is 11.7. The molecule has 1 atom stereocenters. The van der Waals surface area contributed by atoms with Crippen LogP contribution in [0.15, 0.2) is 16.9 Å². The van der Waals surface area contributed by atoms with Crippen molar-refractivity contribution in [3.63, 3.8) is 0 Å². The van der Waals surface area contributed by atoms with Gasteiger partial charge in [-0.15, -0.1) is 0 Å². The number of hydrogen-bond donors (Lipinski definition) is 2. The summed E-state index contributed by atoms with van der Waals surface area (Å²) in [7, 11) is 1.65. The minimum atomic E-state index is -0.332. The molecule has 3 N–H and O–H groups in total. The van der Waals surface area contributed by atoms with Gasteiger partial charge in [0, 0.05) is 25.7 Å². The second-order valence-corrected chi connectivity index (χ2v) is 3.31. The molecule has 6 heteroatoms. The van der Waals surface area contributed by atoms with Gasteiger partial charge in [-0.25, -0.2) is 5.10 Å². The van der Waals surface area contributed by atoms with Gasteiger partial charge >= 0.3 is 0 Å². The summed E-state index contributed by atoms with van der Waals surface area (Å²) < 4.78 is 0. The summed E-state index contributed by atoms with van der Waals surface area (Å²) in [6.07, 6.45) is 0. The smallest absolute Gasteiger partial charge is 0.274 e. The third kappa shape index (κ3) is 2.63. The molecule has 0 radical (unpaired) electrons. The van der Waals surface area contributed by atoms with Crippen molar-refractivity contribution in [1.82, 2.24) is 15.1 Å². The lowest BCUT2D eigenvalue weighted by Gasteiger charge is -2.22. The number of amides is 1. The van der Waals surface area contributed by atoms with Gasteiger partial charge in [0.2, 0.25) is 0 Å². The van der Waals surface area contributed by atoms with E-state index in [-0.39, 0.29) is 23.2 Å². The maximum absolute atomic E-state index is 11.7. The first-order chi connectivity index (χ1) is 7.06. The fraction of sp³-hybridized carbons (Fsp3) is 0.444. The summed E-state index contributed by atoms with van der Waals surface area (Å²) in [4.78, 5) is 24.0. The van der Waals surface area contributed by atoms with E-state index in [4.69, 9.17) is 5.73 Å². The molecule has 0 aliphatic heterocycles. The van der Waals surface area contributed by atoms with Crippen molar-refractivity contribution < 1.29 is 4.79 Å². The quantitative estimate of drug-likeness (QED) is 0.682. The van der Waals surface area contributed by atoms with E-state index in [1.54, 1.807) is 7.05 Å². The summed E-state index contributed by atoms with van der Waals surface area (Å²) in [5, 5.41) is 5.85. The first-order valence-corrected chi connectivity index (χ1v) is 4.59. The highest BCUT2D eigenvalue weighted by molar-refractivity contribution is 5.92. The normalized spacial score (nSPS) is 12.2. The third-order valence-corrected chi connectivity index (χ3v) is 2.22. The number of carbonyl (C=O) groups excluding carboxylic acids is 1. The molecular weight excluding hydrogens is 196 g/mol. The number of nitrogens with zero attached hydrogens (tertiary/aromatic N) is 2. The molecule has 15 heavy (non-hydrogen) atoms. The van der Waals surface area contributed by atoms with E-state index in [2.05, 4.69) is 10.2 Å². The third-order valence-electron chi connectivity index (χ3n) is 2.22. The zero-order chi connectivity index (χ0) is 11.4. The van der Waals surface area contributed by atoms with Crippen LogP contribution in [-0.4, -0.2) is 40.6 Å². The van der Waals surface area contributed by atoms with Gasteiger partial charge < -0.3 is 10.6 Å². The molecule has 1 aromatic heterocycles. The van der Waals surface area contributed by atoms with Gasteiger partial charge in [-0.1, -0.05) is 0 Å². The fourth-order valence-electron chi connectivity index (χ4n) is 1.00. The van der Waals surface area contributed by atoms with E-state index >= 15 is 0 Å². The van der Waals surface area contributed by atoms with Gasteiger partial charge in [0.15, 0.2) is 0 Å². The predicted octanol–water partition coefficient (Wildman–Crippen LogP) is -0.811. The number of H-pyrrole nitrogens is 1. The molecule has 82 valence electrons. The topological polar surface area (TPSA) is 92.1 Å². The molecule has 1 aromatic rings. The van der Waals surface area contributed by atoms with Crippen LogP contribution in [0.4, 0.5) is 0 Å². The predicted molar refractivity (Wildman–Crippen MR) is 55.5 cm³/mol. The molecule has 0 aliphatic carbocycles. The molecule has 0 spiro atoms. The molecule has 0 saturated heterocycles. The van der Waals surface area contributed by atoms with Gasteiger partial charge in [0.25, 0.3) is 11.5 Å². The van der Waals surface area contributed by atoms with Crippen LogP contribution in [0, 0.1) is 0 Å². The molecule has 1 heterocycles. The number of nitrogens with two attached hydrogens (primary N) is 1. The Kier molecular flexibility index (Phi) is 3.56. The second-order valence-electron chi connectivity index (χ2n) is 3.31. The van der Waals surface area contributed by atoms with Crippen LogP contribution >= 0.6 is 0 Å². The van der Waals surface area contributed by atoms with Gasteiger partial charge in [-0.3, -0.25) is 9.59 Å². The lowest BCUT2D eigenvalue weighted by molar-refractivity contribution is 0.0741. The molecule has 0 saturated carbocycles. The molecule has 1 unspecified atom stereocenters. The molecule has 0 aliphatic rings. The van der Waals surface area contributed by atoms with Crippen molar-refractivity contribution >= 4 is 5.91 Å². The van der Waals surface area contributed by atoms with Crippen LogP contribution in [-0.2, 0) is 0 Å². The summed E-state index contributed by atoms with van der Waals surface area (Å²) in [6.45, 7) is 2.22. The Balaban J connectivity index is 2.85. The summed E-state index contributed by atoms with van der Waals surface area (Å²) in [5.41, 5.74) is 5.31. The highest BCUT2D eigenvalue weighted by atomic mass is 16.2. The second kappa shape index (κ2) is 4.70. The van der Waals surface area contributed by atoms with Crippen molar-refractivity contribution in [1.29, 1.82) is 0 Å². The van der Waals surface area contributed by atoms with E-state index in [0.717, 1.165) is 0 Å². The Morgan fingerprint density at radius 2 is 2.33 bits per heavy atom. The Bertz CT molecular complexity index is 381. The van der Waals surface area contributed by atoms with Crippen molar-refractivity contribution in [3.05, 3.63) is 28.2 Å². The first kappa shape index (κ1) is 11.4. The highest BCUT2D eigenvalue weighted by Crippen LogP contribution is 2.00. The standard InChI is InChI=1S/C9H14N4O2/c1-6(5-10)13(2)9(15)7-3-4-8(14)12-11-7/h3-4,6H,5,10H2,1-2H3,(H,12,14). The number of aromatic nitrogens is 2. The molecule has 1 amide bonds. The molecule has 0 fully saturated rings. The molecular formula is C9H14N4O2. The zero-order valence-corrected chi connectivity index (χ0v) is 8.73. The fourth-order valence-corrected chi connectivity index (χ4v) is 1.00. The van der Waals surface area contributed by atoms with Gasteiger partial charge in [-0.2, -0.15) is 5.10 Å². The average Bonchev–Trinajstić information content (AvgIpc) is 2.27. The van der Waals surface area contributed by atoms with E-state index < -0.39 is 0 Å². The number of carbonyl (C=O) groups is 1. The molecule has 6 nitrogen and oxygen atoms in total. The van der Waals surface area contributed by atoms with Crippen LogP contribution in [0.3, 0.4) is 0 Å². The monoisotopic (exact) mass is 210 g/mol. The minimum Gasteiger partial charge on any atom is -0.336 e. The van der Waals surface area contributed by atoms with E-state index in [1.165, 1.54) is 17.0 Å². The van der Waals surface area contributed by atoms with Crippen LogP contribution in [0.1, 0.15) is 17.4 Å². The maximum Gasteiger partial charge on any atom is 0.274 e. The summed E-state index contributed by atoms with van der Waals surface area (Å²) in [5.74, 6) is -0.260. The van der Waals surface area contributed by atoms with Gasteiger partial charge in [-0.05, 0) is 13.0 Å². The lowest BCUT2D eigenvalue weighted by Crippen LogP contribution is -2.40. The number of rotatable bonds is 3. The average molecular weight is 210 g/mol. The van der Waals surface area contributed by atoms with Crippen molar-refractivity contribution in [2.45, 2.75) is 13.0 Å². The largest absolute Gasteiger partial charge is 0.336 e. The number of likely N-dealkylation sites (N-methyl/N-ethyl adjacent to an activating group) is 1. The number of nitrogens with one attached hydrogen (secondary N) is 1. The van der Waals surface area contributed by atoms with Crippen LogP contribution in [0.2, 0.25) is 0 Å². The Morgan fingerprint density at radius 1 is 1.67 bits per heavy atom. The molecule has 1 rings (SSSR count). The first-order valence-electron chi connectivity index (χ1n) is 4.59. The molecule has 0 aromatic carbocycles. The van der Waals surface area contributed by atoms with Crippen molar-refractivity contribution in [3.8, 4) is 0 Å². The Morgan fingerprint density at radius 3 is 2.80 bits per heavy atom. The number of hydrogen-bond acceptors (Lipinski definition) is 4. The minimum absolute atomic E-state index is 0.0637. The van der Waals surface area contributed by atoms with Crippen molar-refractivity contribution in [2.75, 3.05) is 13.6 Å². The van der Waals surface area contributed by atoms with E-state index in [9.17, 15) is 9.59 Å². The summed E-state index contributed by atoms with van der Waals surface area (Å²) >= 11 is 0. The Hall–Kier alpha value is -1.69. The molecule has 0 bridgehead atoms. The Labute approximate surface area is 87.1 Å². The van der Waals surface area contributed by atoms with Gasteiger partial charge in [0.05, 0.1) is 0 Å². The summed E-state index contributed by atoms with van der Waals surface area (Å²) in [6, 6.07) is 2.59. The number of aromatic amines is 1. The van der Waals surface area contributed by atoms with E-state index in [1.807, 2.05) is 6.92 Å². The van der Waals surface area contributed by atoms with Gasteiger partial charge in [0.1, 0.15) is 5.69 Å². The SMILES string of the molecule is CC(CN)N(C)C(=O)c1ccc(=O)[nH]n1. The highest BCUT2D eigenvalue weighted by Gasteiger charge is 2.17. The van der Waals surface area contributed by atoms with Crippen molar-refractivity contribution in [2.24, 2.45) is 5.73 Å². The van der Waals surface area contributed by atoms with Crippen LogP contribution < -0.4 is 11.3 Å². The van der Waals surface area contributed by atoms with Crippen LogP contribution in [0.25, 0.3) is 0 Å². The van der Waals surface area contributed by atoms with Crippen LogP contribution in [0.5, 0.6) is 0 Å². The van der Waals surface area contributed by atoms with E-state index in [0.29, 0.717) is 6.54 Å². The zero-order valence-electron chi connectivity index (χ0n) is 8.73. The lowest BCUT2D eigenvalue weighted by atomic mass is 10.2.